The lowest BCUT2D eigenvalue weighted by Gasteiger charge is -2.12. The minimum atomic E-state index is 0.343. The third kappa shape index (κ3) is 2.28. The van der Waals surface area contributed by atoms with Gasteiger partial charge in [0.2, 0.25) is 5.89 Å². The van der Waals surface area contributed by atoms with Crippen LogP contribution in [0.25, 0.3) is 0 Å². The van der Waals surface area contributed by atoms with E-state index in [-0.39, 0.29) is 0 Å². The second-order valence-electron chi connectivity index (χ2n) is 4.84. The first kappa shape index (κ1) is 11.4. The third-order valence-corrected chi connectivity index (χ3v) is 3.22. The lowest BCUT2D eigenvalue weighted by Crippen LogP contribution is -2.19. The van der Waals surface area contributed by atoms with Crippen molar-refractivity contribution < 1.29 is 9.05 Å². The van der Waals surface area contributed by atoms with Gasteiger partial charge in [-0.15, -0.1) is 0 Å². The number of likely N-dealkylation sites (tertiary alicyclic amines) is 1. The van der Waals surface area contributed by atoms with E-state index < -0.39 is 0 Å². The highest BCUT2D eigenvalue weighted by atomic mass is 16.5. The zero-order chi connectivity index (χ0) is 12.5. The predicted octanol–water partition coefficient (Wildman–Crippen LogP) is 1.66. The van der Waals surface area contributed by atoms with E-state index in [0.717, 1.165) is 43.4 Å². The van der Waals surface area contributed by atoms with Gasteiger partial charge >= 0.3 is 0 Å². The van der Waals surface area contributed by atoms with Gasteiger partial charge in [-0.2, -0.15) is 4.98 Å². The molecule has 1 aliphatic heterocycles. The van der Waals surface area contributed by atoms with Crippen molar-refractivity contribution in [2.24, 2.45) is 0 Å². The largest absolute Gasteiger partial charge is 0.360 e. The van der Waals surface area contributed by atoms with E-state index in [1.807, 2.05) is 19.9 Å². The van der Waals surface area contributed by atoms with Gasteiger partial charge in [0.15, 0.2) is 11.6 Å². The van der Waals surface area contributed by atoms with Gasteiger partial charge in [0.1, 0.15) is 0 Å². The molecule has 0 saturated carbocycles. The monoisotopic (exact) mass is 248 g/mol. The molecule has 1 unspecified atom stereocenters. The summed E-state index contributed by atoms with van der Waals surface area (Å²) in [7, 11) is 0. The quantitative estimate of drug-likeness (QED) is 0.823. The molecule has 1 fully saturated rings. The van der Waals surface area contributed by atoms with Crippen LogP contribution < -0.4 is 0 Å². The SMILES string of the molecule is Cc1cc(CN2CCC(c3nc(C)no3)C2)on1. The highest BCUT2D eigenvalue weighted by Crippen LogP contribution is 2.26. The van der Waals surface area contributed by atoms with Crippen LogP contribution in [0, 0.1) is 13.8 Å². The average Bonchev–Trinajstić information content (AvgIpc) is 3.01. The fourth-order valence-corrected chi connectivity index (χ4v) is 2.37. The number of aryl methyl sites for hydroxylation is 2. The second kappa shape index (κ2) is 4.53. The summed E-state index contributed by atoms with van der Waals surface area (Å²) in [5, 5.41) is 7.74. The summed E-state index contributed by atoms with van der Waals surface area (Å²) in [6, 6.07) is 1.98. The van der Waals surface area contributed by atoms with Crippen molar-refractivity contribution >= 4 is 0 Å². The van der Waals surface area contributed by atoms with Crippen molar-refractivity contribution in [3.63, 3.8) is 0 Å². The third-order valence-electron chi connectivity index (χ3n) is 3.22. The maximum absolute atomic E-state index is 5.23. The van der Waals surface area contributed by atoms with E-state index in [9.17, 15) is 0 Å². The summed E-state index contributed by atoms with van der Waals surface area (Å²) in [6.45, 7) is 6.52. The Labute approximate surface area is 105 Å². The standard InChI is InChI=1S/C12H16N4O2/c1-8-5-11(17-14-8)7-16-4-3-10(6-16)12-13-9(2)15-18-12/h5,10H,3-4,6-7H2,1-2H3. The second-order valence-corrected chi connectivity index (χ2v) is 4.84. The average molecular weight is 248 g/mol. The molecule has 0 amide bonds. The molecule has 0 aliphatic carbocycles. The smallest absolute Gasteiger partial charge is 0.231 e. The molecule has 0 radical (unpaired) electrons. The van der Waals surface area contributed by atoms with Crippen LogP contribution in [0.5, 0.6) is 0 Å². The molecule has 2 aromatic rings. The lowest BCUT2D eigenvalue weighted by molar-refractivity contribution is 0.265. The van der Waals surface area contributed by atoms with Crippen LogP contribution in [-0.4, -0.2) is 33.3 Å². The zero-order valence-corrected chi connectivity index (χ0v) is 10.6. The fraction of sp³-hybridized carbons (Fsp3) is 0.583. The molecule has 96 valence electrons. The first-order valence-electron chi connectivity index (χ1n) is 6.15. The molecule has 2 aromatic heterocycles. The molecule has 3 heterocycles. The summed E-state index contributed by atoms with van der Waals surface area (Å²) >= 11 is 0. The molecule has 3 rings (SSSR count). The van der Waals surface area contributed by atoms with Crippen LogP contribution in [0.4, 0.5) is 0 Å². The molecule has 0 spiro atoms. The van der Waals surface area contributed by atoms with E-state index in [0.29, 0.717) is 11.7 Å². The summed E-state index contributed by atoms with van der Waals surface area (Å²) in [6.07, 6.45) is 1.05. The Balaban J connectivity index is 1.61. The molecule has 18 heavy (non-hydrogen) atoms. The fourth-order valence-electron chi connectivity index (χ4n) is 2.37. The van der Waals surface area contributed by atoms with Gasteiger partial charge in [0.05, 0.1) is 18.2 Å². The number of nitrogens with zero attached hydrogens (tertiary/aromatic N) is 4. The van der Waals surface area contributed by atoms with Gasteiger partial charge in [-0.25, -0.2) is 0 Å². The predicted molar refractivity (Wildman–Crippen MR) is 62.9 cm³/mol. The van der Waals surface area contributed by atoms with Crippen LogP contribution in [0.2, 0.25) is 0 Å². The topological polar surface area (TPSA) is 68.2 Å². The summed E-state index contributed by atoms with van der Waals surface area (Å²) in [4.78, 5) is 6.62. The number of hydrogen-bond acceptors (Lipinski definition) is 6. The number of aromatic nitrogens is 3. The van der Waals surface area contributed by atoms with Crippen molar-refractivity contribution in [1.82, 2.24) is 20.2 Å². The summed E-state index contributed by atoms with van der Waals surface area (Å²) in [5.74, 6) is 2.71. The Morgan fingerprint density at radius 3 is 2.89 bits per heavy atom. The van der Waals surface area contributed by atoms with E-state index >= 15 is 0 Å². The normalized spacial score (nSPS) is 20.7. The van der Waals surface area contributed by atoms with Crippen LogP contribution in [0.3, 0.4) is 0 Å². The van der Waals surface area contributed by atoms with Crippen molar-refractivity contribution in [1.29, 1.82) is 0 Å². The summed E-state index contributed by atoms with van der Waals surface area (Å²) in [5.41, 5.74) is 0.924. The minimum absolute atomic E-state index is 0.343. The van der Waals surface area contributed by atoms with E-state index in [4.69, 9.17) is 9.05 Å². The molecule has 1 saturated heterocycles. The van der Waals surface area contributed by atoms with Crippen molar-refractivity contribution in [3.05, 3.63) is 29.2 Å². The van der Waals surface area contributed by atoms with E-state index in [1.165, 1.54) is 0 Å². The molecular weight excluding hydrogens is 232 g/mol. The van der Waals surface area contributed by atoms with Gasteiger partial charge in [-0.05, 0) is 26.8 Å². The van der Waals surface area contributed by atoms with Crippen LogP contribution in [0.1, 0.15) is 35.5 Å². The van der Waals surface area contributed by atoms with Crippen LogP contribution >= 0.6 is 0 Å². The van der Waals surface area contributed by atoms with E-state index in [2.05, 4.69) is 20.2 Å². The van der Waals surface area contributed by atoms with Crippen molar-refractivity contribution in [2.45, 2.75) is 32.7 Å². The maximum atomic E-state index is 5.23. The van der Waals surface area contributed by atoms with Gasteiger partial charge in [0.25, 0.3) is 0 Å². The molecule has 0 N–H and O–H groups in total. The molecule has 0 bridgehead atoms. The first-order chi connectivity index (χ1) is 8.70. The Bertz CT molecular complexity index is 534. The molecular formula is C12H16N4O2. The lowest BCUT2D eigenvalue weighted by atomic mass is 10.1. The number of hydrogen-bond donors (Lipinski definition) is 0. The Morgan fingerprint density at radius 2 is 2.22 bits per heavy atom. The molecule has 6 heteroatoms. The van der Waals surface area contributed by atoms with Gasteiger partial charge in [0, 0.05) is 12.6 Å². The molecule has 0 aromatic carbocycles. The molecule has 1 aliphatic rings. The number of rotatable bonds is 3. The van der Waals surface area contributed by atoms with Gasteiger partial charge < -0.3 is 9.05 Å². The first-order valence-corrected chi connectivity index (χ1v) is 6.15. The van der Waals surface area contributed by atoms with Gasteiger partial charge in [-0.3, -0.25) is 4.90 Å². The highest BCUT2D eigenvalue weighted by Gasteiger charge is 2.28. The Hall–Kier alpha value is -1.69. The summed E-state index contributed by atoms with van der Waals surface area (Å²) < 4.78 is 10.5. The molecule has 1 atom stereocenters. The maximum Gasteiger partial charge on any atom is 0.231 e. The molecule has 6 nitrogen and oxygen atoms in total. The van der Waals surface area contributed by atoms with Crippen LogP contribution in [0.15, 0.2) is 15.1 Å². The Morgan fingerprint density at radius 1 is 1.33 bits per heavy atom. The van der Waals surface area contributed by atoms with Gasteiger partial charge in [-0.1, -0.05) is 10.3 Å². The minimum Gasteiger partial charge on any atom is -0.360 e. The van der Waals surface area contributed by atoms with Crippen molar-refractivity contribution in [2.75, 3.05) is 13.1 Å². The zero-order valence-electron chi connectivity index (χ0n) is 10.6. The van der Waals surface area contributed by atoms with E-state index in [1.54, 1.807) is 0 Å². The van der Waals surface area contributed by atoms with Crippen molar-refractivity contribution in [3.8, 4) is 0 Å². The Kier molecular flexibility index (Phi) is 2.87. The van der Waals surface area contributed by atoms with Crippen LogP contribution in [-0.2, 0) is 6.54 Å². The highest BCUT2D eigenvalue weighted by molar-refractivity contribution is 5.04.